The molecule has 2 aliphatic rings. The number of benzene rings is 3. The minimum atomic E-state index is -0.919. The summed E-state index contributed by atoms with van der Waals surface area (Å²) in [5.41, 5.74) is 3.60. The van der Waals surface area contributed by atoms with Crippen molar-refractivity contribution in [2.24, 2.45) is 0 Å². The van der Waals surface area contributed by atoms with Crippen LogP contribution >= 0.6 is 0 Å². The summed E-state index contributed by atoms with van der Waals surface area (Å²) in [5, 5.41) is 17.6. The molecule has 1 heterocycles. The van der Waals surface area contributed by atoms with Crippen LogP contribution in [0.5, 0.6) is 5.75 Å². The van der Waals surface area contributed by atoms with Crippen LogP contribution in [0.25, 0.3) is 10.8 Å². The van der Waals surface area contributed by atoms with E-state index in [4.69, 9.17) is 14.2 Å². The number of nitrogens with zero attached hydrogens (tertiary/aromatic N) is 2. The predicted molar refractivity (Wildman–Crippen MR) is 142 cm³/mol. The van der Waals surface area contributed by atoms with Gasteiger partial charge in [-0.25, -0.2) is 14.6 Å². The molecule has 2 N–H and O–H groups in total. The lowest BCUT2D eigenvalue weighted by molar-refractivity contribution is -0.385. The third-order valence-electron chi connectivity index (χ3n) is 7.28. The summed E-state index contributed by atoms with van der Waals surface area (Å²) < 4.78 is 16.7. The summed E-state index contributed by atoms with van der Waals surface area (Å²) in [6.07, 6.45) is 0.503. The van der Waals surface area contributed by atoms with Crippen molar-refractivity contribution in [3.63, 3.8) is 0 Å². The van der Waals surface area contributed by atoms with Crippen LogP contribution in [0.15, 0.2) is 60.7 Å². The van der Waals surface area contributed by atoms with Crippen molar-refractivity contribution < 1.29 is 28.7 Å². The van der Waals surface area contributed by atoms with Crippen molar-refractivity contribution >= 4 is 28.6 Å². The molecule has 2 amide bonds. The van der Waals surface area contributed by atoms with Gasteiger partial charge < -0.3 is 19.5 Å². The molecule has 11 nitrogen and oxygen atoms in total. The fourth-order valence-electron chi connectivity index (χ4n) is 5.27. The molecule has 0 radical (unpaired) electrons. The van der Waals surface area contributed by atoms with E-state index in [1.807, 2.05) is 49.4 Å². The van der Waals surface area contributed by atoms with Crippen molar-refractivity contribution in [1.29, 1.82) is 0 Å². The van der Waals surface area contributed by atoms with E-state index >= 15 is 0 Å². The number of amides is 2. The molecular formula is C28H30N4O7. The second-order valence-corrected chi connectivity index (χ2v) is 9.85. The van der Waals surface area contributed by atoms with E-state index < -0.39 is 22.8 Å². The van der Waals surface area contributed by atoms with Crippen molar-refractivity contribution in [3.05, 3.63) is 81.9 Å². The second-order valence-electron chi connectivity index (χ2n) is 9.85. The number of nitro groups is 1. The van der Waals surface area contributed by atoms with Gasteiger partial charge in [-0.05, 0) is 42.2 Å². The summed E-state index contributed by atoms with van der Waals surface area (Å²) in [5.74, 6) is 0.428. The Balaban J connectivity index is 1.16. The highest BCUT2D eigenvalue weighted by Gasteiger charge is 2.47. The van der Waals surface area contributed by atoms with Crippen LogP contribution in [-0.4, -0.2) is 41.1 Å². The zero-order chi connectivity index (χ0) is 27.6. The standard InChI is InChI=1S/C28H30N4O7/c1-18(23-9-5-7-19-6-3-4-8-24(19)23)29-26(33)38-22-12-14-28(15-13-22)30-31(27(34)39-28)17-20-16-21(32(35)36)10-11-25(20)37-2/h3-11,16,18,22,30H,12-15,17H2,1-2H3,(H,29,33). The topological polar surface area (TPSA) is 132 Å². The maximum absolute atomic E-state index is 12.7. The summed E-state index contributed by atoms with van der Waals surface area (Å²) >= 11 is 0. The molecule has 1 aliphatic heterocycles. The van der Waals surface area contributed by atoms with Gasteiger partial charge in [0.05, 0.1) is 24.6 Å². The molecule has 1 atom stereocenters. The molecule has 204 valence electrons. The molecule has 1 unspecified atom stereocenters. The minimum absolute atomic E-state index is 0.0276. The summed E-state index contributed by atoms with van der Waals surface area (Å²) in [4.78, 5) is 36.0. The highest BCUT2D eigenvalue weighted by molar-refractivity contribution is 5.86. The maximum Gasteiger partial charge on any atom is 0.426 e. The van der Waals surface area contributed by atoms with Crippen molar-refractivity contribution in [2.45, 2.75) is 57.0 Å². The molecule has 0 aromatic heterocycles. The molecule has 0 bridgehead atoms. The molecule has 2 fully saturated rings. The number of nitro benzene ring substituents is 1. The van der Waals surface area contributed by atoms with Gasteiger partial charge in [-0.2, -0.15) is 5.43 Å². The Morgan fingerprint density at radius 3 is 2.69 bits per heavy atom. The van der Waals surface area contributed by atoms with Crippen LogP contribution in [-0.2, 0) is 16.0 Å². The van der Waals surface area contributed by atoms with Crippen molar-refractivity contribution in [3.8, 4) is 5.75 Å². The Labute approximate surface area is 225 Å². The van der Waals surface area contributed by atoms with E-state index in [-0.39, 0.29) is 24.4 Å². The van der Waals surface area contributed by atoms with Gasteiger partial charge in [0.2, 0.25) is 0 Å². The van der Waals surface area contributed by atoms with Gasteiger partial charge in [0.25, 0.3) is 5.69 Å². The number of nitrogens with one attached hydrogen (secondary N) is 2. The van der Waals surface area contributed by atoms with Gasteiger partial charge in [0, 0.05) is 30.5 Å². The zero-order valence-electron chi connectivity index (χ0n) is 21.7. The first-order valence-corrected chi connectivity index (χ1v) is 12.8. The van der Waals surface area contributed by atoms with Crippen LogP contribution < -0.4 is 15.5 Å². The second kappa shape index (κ2) is 10.8. The van der Waals surface area contributed by atoms with E-state index in [1.54, 1.807) is 0 Å². The molecule has 1 spiro atoms. The van der Waals surface area contributed by atoms with Crippen molar-refractivity contribution in [2.75, 3.05) is 7.11 Å². The number of fused-ring (bicyclic) bond motifs is 1. The van der Waals surface area contributed by atoms with Crippen molar-refractivity contribution in [1.82, 2.24) is 15.8 Å². The van der Waals surface area contributed by atoms with E-state index in [0.717, 1.165) is 16.3 Å². The number of methoxy groups -OCH3 is 1. The Bertz CT molecular complexity index is 1400. The van der Waals surface area contributed by atoms with Gasteiger partial charge in [-0.1, -0.05) is 42.5 Å². The quantitative estimate of drug-likeness (QED) is 0.307. The number of carbonyl (C=O) groups excluding carboxylic acids is 2. The van der Waals surface area contributed by atoms with E-state index in [9.17, 15) is 19.7 Å². The third kappa shape index (κ3) is 5.58. The summed E-state index contributed by atoms with van der Waals surface area (Å²) in [6, 6.07) is 18.0. The average molecular weight is 535 g/mol. The number of hydrogen-bond donors (Lipinski definition) is 2. The highest BCUT2D eigenvalue weighted by Crippen LogP contribution is 2.36. The fourth-order valence-corrected chi connectivity index (χ4v) is 5.27. The lowest BCUT2D eigenvalue weighted by Gasteiger charge is -2.35. The van der Waals surface area contributed by atoms with E-state index in [0.29, 0.717) is 37.0 Å². The Morgan fingerprint density at radius 1 is 1.21 bits per heavy atom. The van der Waals surface area contributed by atoms with Crippen LogP contribution in [0.3, 0.4) is 0 Å². The third-order valence-corrected chi connectivity index (χ3v) is 7.28. The molecule has 1 saturated heterocycles. The molecule has 3 aromatic carbocycles. The van der Waals surface area contributed by atoms with Gasteiger partial charge in [0.15, 0.2) is 5.72 Å². The lowest BCUT2D eigenvalue weighted by atomic mass is 9.90. The predicted octanol–water partition coefficient (Wildman–Crippen LogP) is 5.34. The summed E-state index contributed by atoms with van der Waals surface area (Å²) in [7, 11) is 1.46. The number of alkyl carbamates (subject to hydrolysis) is 1. The van der Waals surface area contributed by atoms with Crippen LogP contribution in [0.2, 0.25) is 0 Å². The first-order chi connectivity index (χ1) is 18.8. The Morgan fingerprint density at radius 2 is 1.95 bits per heavy atom. The van der Waals surface area contributed by atoms with Crippen LogP contribution in [0.1, 0.15) is 49.8 Å². The first kappa shape index (κ1) is 26.2. The Hall–Kier alpha value is -4.38. The van der Waals surface area contributed by atoms with E-state index in [1.165, 1.54) is 30.3 Å². The molecule has 5 rings (SSSR count). The van der Waals surface area contributed by atoms with E-state index in [2.05, 4.69) is 10.7 Å². The number of carbonyl (C=O) groups is 2. The normalized spacial score (nSPS) is 21.4. The monoisotopic (exact) mass is 534 g/mol. The molecule has 1 aliphatic carbocycles. The lowest BCUT2D eigenvalue weighted by Crippen LogP contribution is -2.50. The molecule has 11 heteroatoms. The van der Waals surface area contributed by atoms with Crippen LogP contribution in [0, 0.1) is 10.1 Å². The number of hydrogen-bond acceptors (Lipinski definition) is 8. The van der Waals surface area contributed by atoms with Gasteiger partial charge in [0.1, 0.15) is 11.9 Å². The molecular weight excluding hydrogens is 504 g/mol. The van der Waals surface area contributed by atoms with Gasteiger partial charge in [-0.15, -0.1) is 0 Å². The fraction of sp³-hybridized carbons (Fsp3) is 0.357. The number of ether oxygens (including phenoxy) is 3. The highest BCUT2D eigenvalue weighted by atomic mass is 16.6. The first-order valence-electron chi connectivity index (χ1n) is 12.8. The number of hydrazine groups is 1. The molecule has 3 aromatic rings. The number of rotatable bonds is 7. The molecule has 1 saturated carbocycles. The number of non-ortho nitro benzene ring substituents is 1. The largest absolute Gasteiger partial charge is 0.496 e. The minimum Gasteiger partial charge on any atom is -0.496 e. The smallest absolute Gasteiger partial charge is 0.426 e. The van der Waals surface area contributed by atoms with Gasteiger partial charge in [-0.3, -0.25) is 10.1 Å². The average Bonchev–Trinajstić information content (AvgIpc) is 3.23. The SMILES string of the molecule is COc1ccc([N+](=O)[O-])cc1CN1NC2(CCC(OC(=O)NC(C)c3cccc4ccccc34)CC2)OC1=O. The molecule has 39 heavy (non-hydrogen) atoms. The zero-order valence-corrected chi connectivity index (χ0v) is 21.7. The maximum atomic E-state index is 12.7. The summed E-state index contributed by atoms with van der Waals surface area (Å²) in [6.45, 7) is 1.95. The van der Waals surface area contributed by atoms with Gasteiger partial charge >= 0.3 is 12.2 Å². The van der Waals surface area contributed by atoms with Crippen LogP contribution in [0.4, 0.5) is 15.3 Å². The Kier molecular flexibility index (Phi) is 7.25.